The molecule has 1 amide bonds. The molecule has 1 aliphatic heterocycles. The number of pyridine rings is 1. The van der Waals surface area contributed by atoms with Crippen LogP contribution in [0.3, 0.4) is 0 Å². The Kier molecular flexibility index (Phi) is 4.66. The maximum absolute atomic E-state index is 14.7. The average molecular weight is 461 g/mol. The first-order valence-corrected chi connectivity index (χ1v) is 10.2. The molecule has 2 N–H and O–H groups in total. The van der Waals surface area contributed by atoms with Gasteiger partial charge in [0.05, 0.1) is 29.7 Å². The van der Waals surface area contributed by atoms with Crippen LogP contribution in [0.5, 0.6) is 5.75 Å². The van der Waals surface area contributed by atoms with E-state index in [1.807, 2.05) is 0 Å². The summed E-state index contributed by atoms with van der Waals surface area (Å²) in [6.45, 7) is 2.28. The number of rotatable bonds is 5. The summed E-state index contributed by atoms with van der Waals surface area (Å²) >= 11 is 6.13. The number of hydrogen-bond donors (Lipinski definition) is 2. The number of cyclic esters (lactones) is 1. The highest BCUT2D eigenvalue weighted by atomic mass is 35.5. The lowest BCUT2D eigenvalue weighted by Crippen LogP contribution is -2.30. The standard InChI is InChI=1S/C20H18ClFN6O4/c1-9-23-17(26-18(24-9)28-5-6-32-19(28)30)27-20(3-4-20)11-7-10-8-12(21)15(31-2)13(22)14(10)25-16(11)29/h7-8H,3-6H2,1-2H3,(H,25,29)(H,23,24,26,27). The van der Waals surface area contributed by atoms with Crippen molar-refractivity contribution in [1.29, 1.82) is 0 Å². The van der Waals surface area contributed by atoms with Crippen molar-refractivity contribution >= 4 is 40.5 Å². The first kappa shape index (κ1) is 20.4. The second-order valence-corrected chi connectivity index (χ2v) is 8.07. The Morgan fingerprint density at radius 1 is 1.28 bits per heavy atom. The van der Waals surface area contributed by atoms with Gasteiger partial charge in [-0.1, -0.05) is 11.6 Å². The van der Waals surface area contributed by atoms with Gasteiger partial charge in [-0.05, 0) is 31.9 Å². The summed E-state index contributed by atoms with van der Waals surface area (Å²) < 4.78 is 24.6. The van der Waals surface area contributed by atoms with Gasteiger partial charge in [0.25, 0.3) is 5.56 Å². The molecular weight excluding hydrogens is 443 g/mol. The molecule has 1 saturated heterocycles. The van der Waals surface area contributed by atoms with Gasteiger partial charge in [-0.2, -0.15) is 15.0 Å². The minimum absolute atomic E-state index is 0.0154. The van der Waals surface area contributed by atoms with Crippen LogP contribution in [0.25, 0.3) is 10.9 Å². The highest BCUT2D eigenvalue weighted by molar-refractivity contribution is 6.32. The number of nitrogens with one attached hydrogen (secondary N) is 2. The number of carbonyl (C=O) groups excluding carboxylic acids is 1. The van der Waals surface area contributed by atoms with E-state index in [0.29, 0.717) is 36.2 Å². The molecule has 5 rings (SSSR count). The number of H-pyrrole nitrogens is 1. The maximum atomic E-state index is 14.7. The van der Waals surface area contributed by atoms with Gasteiger partial charge in [-0.25, -0.2) is 14.1 Å². The largest absolute Gasteiger partial charge is 0.492 e. The Hall–Kier alpha value is -3.47. The molecule has 0 atom stereocenters. The van der Waals surface area contributed by atoms with Gasteiger partial charge < -0.3 is 19.8 Å². The monoisotopic (exact) mass is 460 g/mol. The number of aryl methyl sites for hydroxylation is 1. The molecule has 0 bridgehead atoms. The summed E-state index contributed by atoms with van der Waals surface area (Å²) in [5, 5.41) is 3.74. The number of fused-ring (bicyclic) bond motifs is 1. The lowest BCUT2D eigenvalue weighted by molar-refractivity contribution is 0.181. The van der Waals surface area contributed by atoms with Crippen molar-refractivity contribution in [2.75, 3.05) is 30.5 Å². The zero-order valence-electron chi connectivity index (χ0n) is 17.2. The Bertz CT molecular complexity index is 1330. The second kappa shape index (κ2) is 7.30. The molecule has 2 aromatic heterocycles. The van der Waals surface area contributed by atoms with E-state index in [-0.39, 0.29) is 34.8 Å². The summed E-state index contributed by atoms with van der Waals surface area (Å²) in [5.74, 6) is -0.0571. The van der Waals surface area contributed by atoms with Crippen molar-refractivity contribution in [3.05, 3.63) is 44.7 Å². The van der Waals surface area contributed by atoms with E-state index in [2.05, 4.69) is 25.3 Å². The predicted molar refractivity (Wildman–Crippen MR) is 114 cm³/mol. The molecule has 0 unspecified atom stereocenters. The highest BCUT2D eigenvalue weighted by Gasteiger charge is 2.47. The van der Waals surface area contributed by atoms with Crippen LogP contribution in [-0.2, 0) is 10.3 Å². The van der Waals surface area contributed by atoms with E-state index >= 15 is 0 Å². The van der Waals surface area contributed by atoms with Crippen LogP contribution >= 0.6 is 11.6 Å². The summed E-state index contributed by atoms with van der Waals surface area (Å²) in [6.07, 6.45) is 0.752. The Labute approximate surface area is 185 Å². The number of aromatic nitrogens is 4. The normalized spacial score (nSPS) is 16.9. The first-order chi connectivity index (χ1) is 15.3. The molecule has 1 aliphatic carbocycles. The van der Waals surface area contributed by atoms with Gasteiger partial charge >= 0.3 is 6.09 Å². The topological polar surface area (TPSA) is 122 Å². The van der Waals surface area contributed by atoms with Crippen LogP contribution in [0.15, 0.2) is 16.9 Å². The number of carbonyl (C=O) groups is 1. The molecule has 166 valence electrons. The molecular formula is C20H18ClFN6O4. The van der Waals surface area contributed by atoms with Crippen molar-refractivity contribution in [2.24, 2.45) is 0 Å². The number of methoxy groups -OCH3 is 1. The number of ether oxygens (including phenoxy) is 2. The maximum Gasteiger partial charge on any atom is 0.416 e. The summed E-state index contributed by atoms with van der Waals surface area (Å²) in [5.41, 5.74) is -0.756. The number of amides is 1. The van der Waals surface area contributed by atoms with Crippen LogP contribution in [-0.4, -0.2) is 46.3 Å². The summed E-state index contributed by atoms with van der Waals surface area (Å²) in [6, 6.07) is 3.15. The molecule has 10 nitrogen and oxygen atoms in total. The zero-order chi connectivity index (χ0) is 22.6. The van der Waals surface area contributed by atoms with Crippen LogP contribution in [0, 0.1) is 12.7 Å². The van der Waals surface area contributed by atoms with E-state index in [4.69, 9.17) is 21.1 Å². The Balaban J connectivity index is 1.53. The van der Waals surface area contributed by atoms with Gasteiger partial charge in [0.1, 0.15) is 12.4 Å². The van der Waals surface area contributed by atoms with Gasteiger partial charge in [-0.3, -0.25) is 4.79 Å². The molecule has 2 fully saturated rings. The third kappa shape index (κ3) is 3.29. The van der Waals surface area contributed by atoms with E-state index in [0.717, 1.165) is 0 Å². The van der Waals surface area contributed by atoms with E-state index in [1.54, 1.807) is 19.1 Å². The number of aromatic amines is 1. The van der Waals surface area contributed by atoms with Crippen molar-refractivity contribution in [3.63, 3.8) is 0 Å². The summed E-state index contributed by atoms with van der Waals surface area (Å²) in [4.78, 5) is 41.5. The van der Waals surface area contributed by atoms with Crippen molar-refractivity contribution < 1.29 is 18.7 Å². The number of nitrogens with zero attached hydrogens (tertiary/aromatic N) is 4. The fourth-order valence-corrected chi connectivity index (χ4v) is 4.10. The molecule has 1 aromatic carbocycles. The Morgan fingerprint density at radius 2 is 2.06 bits per heavy atom. The van der Waals surface area contributed by atoms with Gasteiger partial charge in [-0.15, -0.1) is 0 Å². The van der Waals surface area contributed by atoms with E-state index < -0.39 is 23.0 Å². The summed E-state index contributed by atoms with van der Waals surface area (Å²) in [7, 11) is 1.30. The van der Waals surface area contributed by atoms with Crippen LogP contribution < -0.4 is 20.5 Å². The van der Waals surface area contributed by atoms with Crippen LogP contribution in [0.2, 0.25) is 5.02 Å². The molecule has 3 heterocycles. The van der Waals surface area contributed by atoms with Crippen molar-refractivity contribution in [3.8, 4) is 5.75 Å². The quantitative estimate of drug-likeness (QED) is 0.596. The number of benzene rings is 1. The molecule has 12 heteroatoms. The second-order valence-electron chi connectivity index (χ2n) is 7.66. The van der Waals surface area contributed by atoms with E-state index in [1.165, 1.54) is 12.0 Å². The molecule has 32 heavy (non-hydrogen) atoms. The van der Waals surface area contributed by atoms with Crippen molar-refractivity contribution in [2.45, 2.75) is 25.3 Å². The fraction of sp³-hybridized carbons (Fsp3) is 0.350. The third-order valence-electron chi connectivity index (χ3n) is 5.55. The van der Waals surface area contributed by atoms with Crippen molar-refractivity contribution in [1.82, 2.24) is 19.9 Å². The minimum Gasteiger partial charge on any atom is -0.492 e. The number of anilines is 2. The van der Waals surface area contributed by atoms with Gasteiger partial charge in [0, 0.05) is 10.9 Å². The SMILES string of the molecule is COc1c(Cl)cc2cc(C3(Nc4nc(C)nc(N5CCOC5=O)n4)CC3)c(=O)[nH]c2c1F. The van der Waals surface area contributed by atoms with Crippen LogP contribution in [0.4, 0.5) is 21.1 Å². The molecule has 1 saturated carbocycles. The molecule has 0 spiro atoms. The van der Waals surface area contributed by atoms with Gasteiger partial charge in [0.15, 0.2) is 11.6 Å². The van der Waals surface area contributed by atoms with Crippen LogP contribution in [0.1, 0.15) is 24.2 Å². The first-order valence-electron chi connectivity index (χ1n) is 9.86. The third-order valence-corrected chi connectivity index (χ3v) is 5.83. The number of hydrogen-bond acceptors (Lipinski definition) is 8. The predicted octanol–water partition coefficient (Wildman–Crippen LogP) is 2.88. The molecule has 0 radical (unpaired) electrons. The lowest BCUT2D eigenvalue weighted by atomic mass is 10.0. The molecule has 3 aromatic rings. The minimum atomic E-state index is -0.735. The highest BCUT2D eigenvalue weighted by Crippen LogP contribution is 2.47. The van der Waals surface area contributed by atoms with Gasteiger partial charge in [0.2, 0.25) is 11.9 Å². The lowest BCUT2D eigenvalue weighted by Gasteiger charge is -2.19. The fourth-order valence-electron chi connectivity index (χ4n) is 3.82. The molecule has 2 aliphatic rings. The zero-order valence-corrected chi connectivity index (χ0v) is 17.9. The smallest absolute Gasteiger partial charge is 0.416 e. The average Bonchev–Trinajstić information content (AvgIpc) is 3.38. The Morgan fingerprint density at radius 3 is 2.72 bits per heavy atom. The van der Waals surface area contributed by atoms with E-state index in [9.17, 15) is 14.0 Å². The number of halogens is 2.